The molecule has 0 aliphatic carbocycles. The van der Waals surface area contributed by atoms with Crippen LogP contribution in [-0.4, -0.2) is 47.9 Å². The summed E-state index contributed by atoms with van der Waals surface area (Å²) in [5, 5.41) is 10.5. The van der Waals surface area contributed by atoms with Gasteiger partial charge in [0.2, 0.25) is 0 Å². The highest BCUT2D eigenvalue weighted by atomic mass is 35.5. The second-order valence-corrected chi connectivity index (χ2v) is 8.86. The first-order chi connectivity index (χ1) is 13.5. The lowest BCUT2D eigenvalue weighted by Gasteiger charge is -2.34. The van der Waals surface area contributed by atoms with Crippen LogP contribution in [0.1, 0.15) is 39.4 Å². The Morgan fingerprint density at radius 3 is 2.52 bits per heavy atom. The van der Waals surface area contributed by atoms with E-state index in [2.05, 4.69) is 0 Å². The summed E-state index contributed by atoms with van der Waals surface area (Å²) in [6.07, 6.45) is 1.06. The fourth-order valence-electron chi connectivity index (χ4n) is 3.15. The molecule has 6 nitrogen and oxygen atoms in total. The van der Waals surface area contributed by atoms with Gasteiger partial charge < -0.3 is 19.5 Å². The summed E-state index contributed by atoms with van der Waals surface area (Å²) in [4.78, 5) is 25.0. The van der Waals surface area contributed by atoms with Gasteiger partial charge in [0.25, 0.3) is 0 Å². The van der Waals surface area contributed by atoms with Crippen molar-refractivity contribution in [1.29, 1.82) is 0 Å². The molecule has 1 fully saturated rings. The van der Waals surface area contributed by atoms with Gasteiger partial charge in [-0.05, 0) is 30.0 Å². The van der Waals surface area contributed by atoms with Crippen molar-refractivity contribution in [1.82, 2.24) is 4.90 Å². The fraction of sp³-hybridized carbons (Fsp3) is 0.524. The summed E-state index contributed by atoms with van der Waals surface area (Å²) in [6, 6.07) is 5.21. The summed E-state index contributed by atoms with van der Waals surface area (Å²) in [5.74, 6) is -0.904. The molecule has 1 aliphatic rings. The van der Waals surface area contributed by atoms with Crippen LogP contribution in [0.3, 0.4) is 0 Å². The summed E-state index contributed by atoms with van der Waals surface area (Å²) >= 11 is 12.3. The predicted molar refractivity (Wildman–Crippen MR) is 112 cm³/mol. The summed E-state index contributed by atoms with van der Waals surface area (Å²) < 4.78 is 11.4. The van der Waals surface area contributed by atoms with E-state index in [4.69, 9.17) is 32.7 Å². The van der Waals surface area contributed by atoms with Crippen molar-refractivity contribution >= 4 is 35.3 Å². The minimum absolute atomic E-state index is 0.169. The lowest BCUT2D eigenvalue weighted by Crippen LogP contribution is -2.42. The quantitative estimate of drug-likeness (QED) is 0.511. The van der Waals surface area contributed by atoms with E-state index in [1.165, 1.54) is 11.0 Å². The van der Waals surface area contributed by atoms with E-state index < -0.39 is 24.1 Å². The van der Waals surface area contributed by atoms with Gasteiger partial charge in [-0.25, -0.2) is 9.59 Å². The molecular formula is C21H27Cl2NO5. The van der Waals surface area contributed by atoms with Crippen molar-refractivity contribution in [2.45, 2.75) is 39.9 Å². The minimum atomic E-state index is -1.04. The minimum Gasteiger partial charge on any atom is -0.465 e. The number of carboxylic acid groups (broad SMARTS) is 1. The van der Waals surface area contributed by atoms with E-state index in [-0.39, 0.29) is 31.2 Å². The molecule has 2 rings (SSSR count). The molecule has 3 atom stereocenters. The Kier molecular flexibility index (Phi) is 7.97. The molecule has 8 heteroatoms. The highest BCUT2D eigenvalue weighted by Gasteiger charge is 2.39. The average molecular weight is 444 g/mol. The van der Waals surface area contributed by atoms with Gasteiger partial charge in [0, 0.05) is 18.5 Å². The third-order valence-corrected chi connectivity index (χ3v) is 5.53. The molecule has 1 amide bonds. The standard InChI is InChI=1S/C21H27Cl2NO5/c1-5-28-18(25)9-7-14-11-24(20(26)27)12-17(21(2,3)4)29-19(14)13-6-8-15(22)16(23)10-13/h6-10,14,17,19H,5,11-12H2,1-4H3,(H,26,27)/b9-7+/t14-,17?,19+/m1/s1. The maximum Gasteiger partial charge on any atom is 0.407 e. The highest BCUT2D eigenvalue weighted by Crippen LogP contribution is 2.39. The van der Waals surface area contributed by atoms with Gasteiger partial charge in [0.1, 0.15) is 0 Å². The third kappa shape index (κ3) is 6.36. The normalized spacial score (nSPS) is 23.1. The second kappa shape index (κ2) is 9.83. The molecule has 160 valence electrons. The monoisotopic (exact) mass is 443 g/mol. The van der Waals surface area contributed by atoms with Crippen LogP contribution in [0.4, 0.5) is 4.79 Å². The van der Waals surface area contributed by atoms with Crippen LogP contribution in [0, 0.1) is 11.3 Å². The van der Waals surface area contributed by atoms with Crippen LogP contribution in [0.25, 0.3) is 0 Å². The molecule has 0 bridgehead atoms. The highest BCUT2D eigenvalue weighted by molar-refractivity contribution is 6.42. The lowest BCUT2D eigenvalue weighted by molar-refractivity contribution is -0.137. The Bertz CT molecular complexity index is 775. The zero-order valence-electron chi connectivity index (χ0n) is 17.0. The van der Waals surface area contributed by atoms with E-state index in [0.717, 1.165) is 5.56 Å². The van der Waals surface area contributed by atoms with Crippen LogP contribution >= 0.6 is 23.2 Å². The maximum atomic E-state index is 11.8. The van der Waals surface area contributed by atoms with Gasteiger partial charge in [-0.3, -0.25) is 0 Å². The van der Waals surface area contributed by atoms with Crippen molar-refractivity contribution in [3.63, 3.8) is 0 Å². The average Bonchev–Trinajstić information content (AvgIpc) is 2.82. The number of hydrogen-bond acceptors (Lipinski definition) is 4. The van der Waals surface area contributed by atoms with Crippen LogP contribution in [-0.2, 0) is 14.3 Å². The van der Waals surface area contributed by atoms with E-state index in [1.54, 1.807) is 31.2 Å². The molecule has 1 aliphatic heterocycles. The Balaban J connectivity index is 2.48. The number of nitrogens with zero attached hydrogens (tertiary/aromatic N) is 1. The summed E-state index contributed by atoms with van der Waals surface area (Å²) in [5.41, 5.74) is 0.460. The van der Waals surface area contributed by atoms with Gasteiger partial charge in [0.05, 0.1) is 35.4 Å². The Labute approximate surface area is 181 Å². The number of amides is 1. The number of halogens is 2. The second-order valence-electron chi connectivity index (χ2n) is 8.05. The summed E-state index contributed by atoms with van der Waals surface area (Å²) in [7, 11) is 0. The van der Waals surface area contributed by atoms with Gasteiger partial charge in [-0.1, -0.05) is 56.1 Å². The topological polar surface area (TPSA) is 76.1 Å². The molecule has 29 heavy (non-hydrogen) atoms. The Morgan fingerprint density at radius 2 is 1.97 bits per heavy atom. The largest absolute Gasteiger partial charge is 0.465 e. The number of ether oxygens (including phenoxy) is 2. The zero-order chi connectivity index (χ0) is 21.8. The number of rotatable bonds is 4. The molecule has 1 aromatic carbocycles. The molecule has 0 aromatic heterocycles. The van der Waals surface area contributed by atoms with Crippen molar-refractivity contribution in [3.8, 4) is 0 Å². The van der Waals surface area contributed by atoms with Gasteiger partial charge in [-0.15, -0.1) is 0 Å². The molecule has 1 heterocycles. The number of benzene rings is 1. The molecule has 0 spiro atoms. The molecule has 0 radical (unpaired) electrons. The zero-order valence-corrected chi connectivity index (χ0v) is 18.5. The van der Waals surface area contributed by atoms with Gasteiger partial charge >= 0.3 is 12.1 Å². The first kappa shape index (κ1) is 23.5. The molecule has 0 saturated carbocycles. The van der Waals surface area contributed by atoms with E-state index in [0.29, 0.717) is 10.0 Å². The van der Waals surface area contributed by atoms with Crippen LogP contribution in [0.2, 0.25) is 10.0 Å². The van der Waals surface area contributed by atoms with Crippen LogP contribution in [0.15, 0.2) is 30.4 Å². The van der Waals surface area contributed by atoms with Crippen molar-refractivity contribution in [2.24, 2.45) is 11.3 Å². The molecule has 1 aromatic rings. The van der Waals surface area contributed by atoms with Crippen LogP contribution < -0.4 is 0 Å². The molecular weight excluding hydrogens is 417 g/mol. The molecule has 1 N–H and O–H groups in total. The first-order valence-electron chi connectivity index (χ1n) is 9.46. The van der Waals surface area contributed by atoms with Crippen molar-refractivity contribution < 1.29 is 24.2 Å². The maximum absolute atomic E-state index is 11.8. The van der Waals surface area contributed by atoms with E-state index in [9.17, 15) is 14.7 Å². The van der Waals surface area contributed by atoms with Crippen LogP contribution in [0.5, 0.6) is 0 Å². The van der Waals surface area contributed by atoms with Gasteiger partial charge in [0.15, 0.2) is 0 Å². The Morgan fingerprint density at radius 1 is 1.28 bits per heavy atom. The number of carbonyl (C=O) groups excluding carboxylic acids is 1. The van der Waals surface area contributed by atoms with E-state index >= 15 is 0 Å². The van der Waals surface area contributed by atoms with Crippen molar-refractivity contribution in [2.75, 3.05) is 19.7 Å². The SMILES string of the molecule is CCOC(=O)/C=C/[C@@H]1CN(C(=O)O)CC(C(C)(C)C)O[C@H]1c1ccc(Cl)c(Cl)c1. The van der Waals surface area contributed by atoms with E-state index in [1.807, 2.05) is 20.8 Å². The third-order valence-electron chi connectivity index (χ3n) is 4.79. The fourth-order valence-corrected chi connectivity index (χ4v) is 3.46. The molecule has 1 saturated heterocycles. The smallest absolute Gasteiger partial charge is 0.407 e. The predicted octanol–water partition coefficient (Wildman–Crippen LogP) is 5.19. The Hall–Kier alpha value is -1.76. The molecule has 1 unspecified atom stereocenters. The summed E-state index contributed by atoms with van der Waals surface area (Å²) in [6.45, 7) is 8.37. The van der Waals surface area contributed by atoms with Gasteiger partial charge in [-0.2, -0.15) is 0 Å². The number of hydrogen-bond donors (Lipinski definition) is 1. The number of esters is 1. The first-order valence-corrected chi connectivity index (χ1v) is 10.2. The number of carbonyl (C=O) groups is 2. The lowest BCUT2D eigenvalue weighted by atomic mass is 9.88. The van der Waals surface area contributed by atoms with Crippen molar-refractivity contribution in [3.05, 3.63) is 46.0 Å².